The van der Waals surface area contributed by atoms with Crippen LogP contribution in [-0.2, 0) is 19.9 Å². The Bertz CT molecular complexity index is 1100. The summed E-state index contributed by atoms with van der Waals surface area (Å²) >= 11 is 0. The predicted octanol–water partition coefficient (Wildman–Crippen LogP) is 3.24. The zero-order valence-corrected chi connectivity index (χ0v) is 21.5. The van der Waals surface area contributed by atoms with E-state index in [4.69, 9.17) is 0 Å². The number of hydrogen-bond donors (Lipinski definition) is 3. The minimum atomic E-state index is -0.473. The average Bonchev–Trinajstić information content (AvgIpc) is 3.31. The molecule has 0 amide bonds. The Morgan fingerprint density at radius 2 is 1.97 bits per heavy atom. The number of rotatable bonds is 11. The van der Waals surface area contributed by atoms with Crippen molar-refractivity contribution in [2.75, 3.05) is 31.6 Å². The second-order valence-electron chi connectivity index (χ2n) is 9.91. The number of piperidine rings is 1. The molecule has 8 nitrogen and oxygen atoms in total. The Balaban J connectivity index is 1.25. The van der Waals surface area contributed by atoms with Crippen LogP contribution in [0.25, 0.3) is 11.4 Å². The zero-order chi connectivity index (χ0) is 25.5. The number of aliphatic hydroxyl groups is 1. The summed E-state index contributed by atoms with van der Waals surface area (Å²) in [4.78, 5) is 2.36. The number of nitrogens with one attached hydrogen (secondary N) is 2. The molecule has 1 fully saturated rings. The van der Waals surface area contributed by atoms with Crippen molar-refractivity contribution in [1.82, 2.24) is 30.4 Å². The lowest BCUT2D eigenvalue weighted by Crippen LogP contribution is -2.48. The van der Waals surface area contributed by atoms with Gasteiger partial charge in [0.1, 0.15) is 5.82 Å². The molecule has 1 aliphatic heterocycles. The van der Waals surface area contributed by atoms with Crippen molar-refractivity contribution in [2.45, 2.75) is 51.7 Å². The first-order valence-corrected chi connectivity index (χ1v) is 12.9. The molecule has 0 spiro atoms. The molecule has 4 rings (SSSR count). The molecular weight excluding hydrogens is 457 g/mol. The van der Waals surface area contributed by atoms with Gasteiger partial charge in [-0.25, -0.2) is 9.07 Å². The number of halogens is 1. The first kappa shape index (κ1) is 26.2. The van der Waals surface area contributed by atoms with E-state index in [0.29, 0.717) is 19.1 Å². The summed E-state index contributed by atoms with van der Waals surface area (Å²) in [6.45, 7) is 7.29. The molecule has 3 aromatic rings. The topological polar surface area (TPSA) is 91.1 Å². The molecule has 0 bridgehead atoms. The van der Waals surface area contributed by atoms with Gasteiger partial charge in [0.25, 0.3) is 0 Å². The van der Waals surface area contributed by atoms with Gasteiger partial charge in [-0.2, -0.15) is 0 Å². The number of aryl methyl sites for hydroxylation is 2. The van der Waals surface area contributed by atoms with Crippen molar-refractivity contribution in [3.8, 4) is 11.4 Å². The van der Waals surface area contributed by atoms with Crippen molar-refractivity contribution in [3.05, 3.63) is 59.4 Å². The molecule has 194 valence electrons. The van der Waals surface area contributed by atoms with E-state index in [1.807, 2.05) is 32.2 Å². The summed E-state index contributed by atoms with van der Waals surface area (Å²) in [6.07, 6.45) is 3.69. The number of aliphatic hydroxyl groups excluding tert-OH is 1. The predicted molar refractivity (Wildman–Crippen MR) is 140 cm³/mol. The van der Waals surface area contributed by atoms with Crippen LogP contribution in [-0.4, -0.2) is 68.7 Å². The maximum absolute atomic E-state index is 13.2. The van der Waals surface area contributed by atoms with E-state index in [1.54, 1.807) is 4.68 Å². The monoisotopic (exact) mass is 495 g/mol. The highest BCUT2D eigenvalue weighted by Crippen LogP contribution is 2.23. The van der Waals surface area contributed by atoms with Gasteiger partial charge >= 0.3 is 0 Å². The molecule has 1 saturated heterocycles. The quantitative estimate of drug-likeness (QED) is 0.352. The highest BCUT2D eigenvalue weighted by Gasteiger charge is 2.24. The third-order valence-corrected chi connectivity index (χ3v) is 7.06. The van der Waals surface area contributed by atoms with Crippen molar-refractivity contribution < 1.29 is 9.50 Å². The van der Waals surface area contributed by atoms with Crippen LogP contribution in [0.2, 0.25) is 0 Å². The molecule has 2 heterocycles. The number of tetrazole rings is 1. The van der Waals surface area contributed by atoms with E-state index < -0.39 is 6.10 Å². The SMILES string of the molecule is CCc1cc(NCN[C@H](C)[C@@H](O)CN2CCC[C@@H](Cc3ccc(F)cc3)C2)cc(-c2nnnn2C)c1. The number of likely N-dealkylation sites (tertiary alicyclic amines) is 1. The van der Waals surface area contributed by atoms with Gasteiger partial charge in [0.15, 0.2) is 5.82 Å². The molecule has 3 N–H and O–H groups in total. The number of hydrogen-bond acceptors (Lipinski definition) is 7. The molecule has 0 unspecified atom stereocenters. The van der Waals surface area contributed by atoms with Gasteiger partial charge in [-0.15, -0.1) is 5.10 Å². The van der Waals surface area contributed by atoms with E-state index in [0.717, 1.165) is 49.4 Å². The van der Waals surface area contributed by atoms with Crippen molar-refractivity contribution >= 4 is 5.69 Å². The van der Waals surface area contributed by atoms with Crippen molar-refractivity contribution in [3.63, 3.8) is 0 Å². The van der Waals surface area contributed by atoms with Crippen LogP contribution in [0.4, 0.5) is 10.1 Å². The van der Waals surface area contributed by atoms with Gasteiger partial charge in [-0.3, -0.25) is 5.32 Å². The number of anilines is 1. The van der Waals surface area contributed by atoms with Crippen LogP contribution in [0.5, 0.6) is 0 Å². The second-order valence-corrected chi connectivity index (χ2v) is 9.91. The molecule has 0 aliphatic carbocycles. The maximum Gasteiger partial charge on any atom is 0.181 e. The van der Waals surface area contributed by atoms with Crippen LogP contribution in [0.15, 0.2) is 42.5 Å². The van der Waals surface area contributed by atoms with E-state index in [-0.39, 0.29) is 11.9 Å². The number of β-amino-alcohol motifs (C(OH)–C–C–N with tert-alkyl or cyclic N) is 1. The fourth-order valence-electron chi connectivity index (χ4n) is 4.91. The molecule has 0 radical (unpaired) electrons. The third kappa shape index (κ3) is 7.09. The summed E-state index contributed by atoms with van der Waals surface area (Å²) in [5.74, 6) is 1.07. The first-order chi connectivity index (χ1) is 17.4. The van der Waals surface area contributed by atoms with E-state index in [1.165, 1.54) is 29.7 Å². The summed E-state index contributed by atoms with van der Waals surface area (Å²) in [7, 11) is 1.83. The fourth-order valence-corrected chi connectivity index (χ4v) is 4.91. The van der Waals surface area contributed by atoms with Crippen LogP contribution >= 0.6 is 0 Å². The summed E-state index contributed by atoms with van der Waals surface area (Å²) in [5.41, 5.74) is 4.33. The Morgan fingerprint density at radius 3 is 2.69 bits per heavy atom. The molecule has 1 aliphatic rings. The van der Waals surface area contributed by atoms with Crippen molar-refractivity contribution in [1.29, 1.82) is 0 Å². The lowest BCUT2D eigenvalue weighted by molar-refractivity contribution is 0.0642. The van der Waals surface area contributed by atoms with Gasteiger partial charge in [0.2, 0.25) is 0 Å². The highest BCUT2D eigenvalue weighted by molar-refractivity contribution is 5.64. The summed E-state index contributed by atoms with van der Waals surface area (Å²) in [5, 5.41) is 29.5. The van der Waals surface area contributed by atoms with Gasteiger partial charge in [0.05, 0.1) is 12.8 Å². The second kappa shape index (κ2) is 12.4. The molecule has 3 atom stereocenters. The summed E-state index contributed by atoms with van der Waals surface area (Å²) in [6, 6.07) is 13.1. The molecule has 0 saturated carbocycles. The van der Waals surface area contributed by atoms with Gasteiger partial charge in [-0.1, -0.05) is 19.1 Å². The van der Waals surface area contributed by atoms with E-state index in [9.17, 15) is 9.50 Å². The normalized spacial score (nSPS) is 18.2. The van der Waals surface area contributed by atoms with Crippen LogP contribution in [0, 0.1) is 11.7 Å². The van der Waals surface area contributed by atoms with E-state index in [2.05, 4.69) is 50.1 Å². The Labute approximate surface area is 212 Å². The zero-order valence-electron chi connectivity index (χ0n) is 21.5. The van der Waals surface area contributed by atoms with E-state index >= 15 is 0 Å². The van der Waals surface area contributed by atoms with Crippen LogP contribution in [0.3, 0.4) is 0 Å². The molecule has 1 aromatic heterocycles. The van der Waals surface area contributed by atoms with Crippen LogP contribution in [0.1, 0.15) is 37.8 Å². The van der Waals surface area contributed by atoms with Gasteiger partial charge in [0, 0.05) is 37.4 Å². The number of benzene rings is 2. The Kier molecular flexibility index (Phi) is 9.01. The largest absolute Gasteiger partial charge is 0.390 e. The highest BCUT2D eigenvalue weighted by atomic mass is 19.1. The average molecular weight is 496 g/mol. The standard InChI is InChI=1S/C27H38FN7O/c1-4-20-13-23(27-31-32-33-34(27)3)15-25(14-20)30-18-29-19(2)26(36)17-35-11-5-6-22(16-35)12-21-7-9-24(28)10-8-21/h7-10,13-15,19,22,26,29-30,36H,4-6,11-12,16-18H2,1-3H3/t19-,22+,26+/m1/s1. The lowest BCUT2D eigenvalue weighted by Gasteiger charge is -2.35. The molecular formula is C27H38FN7O. The third-order valence-electron chi connectivity index (χ3n) is 7.06. The lowest BCUT2D eigenvalue weighted by atomic mass is 9.91. The summed E-state index contributed by atoms with van der Waals surface area (Å²) < 4.78 is 14.9. The minimum Gasteiger partial charge on any atom is -0.390 e. The Morgan fingerprint density at radius 1 is 1.17 bits per heavy atom. The smallest absolute Gasteiger partial charge is 0.181 e. The first-order valence-electron chi connectivity index (χ1n) is 12.9. The minimum absolute atomic E-state index is 0.0632. The number of nitrogens with zero attached hydrogens (tertiary/aromatic N) is 5. The van der Waals surface area contributed by atoms with Crippen LogP contribution < -0.4 is 10.6 Å². The molecule has 36 heavy (non-hydrogen) atoms. The number of aromatic nitrogens is 4. The van der Waals surface area contributed by atoms with Crippen molar-refractivity contribution in [2.24, 2.45) is 13.0 Å². The fraction of sp³-hybridized carbons (Fsp3) is 0.519. The molecule has 2 aromatic carbocycles. The van der Waals surface area contributed by atoms with Gasteiger partial charge in [-0.05, 0) is 97.0 Å². The molecule has 9 heteroatoms. The van der Waals surface area contributed by atoms with Gasteiger partial charge < -0.3 is 15.3 Å². The maximum atomic E-state index is 13.2. The Hall–Kier alpha value is -2.88.